The fraction of sp³-hybridized carbons (Fsp3) is 0.304. The van der Waals surface area contributed by atoms with Crippen molar-refractivity contribution < 1.29 is 23.7 Å². The molecule has 0 fully saturated rings. The largest absolute Gasteiger partial charge is 0.497 e. The molecule has 158 valence electrons. The highest BCUT2D eigenvalue weighted by Gasteiger charge is 2.24. The molecule has 0 radical (unpaired) electrons. The Labute approximate surface area is 181 Å². The smallest absolute Gasteiger partial charge is 0.363 e. The maximum absolute atomic E-state index is 12.3. The predicted octanol–water partition coefficient (Wildman–Crippen LogP) is 5.27. The maximum atomic E-state index is 12.3. The van der Waals surface area contributed by atoms with E-state index >= 15 is 0 Å². The molecule has 1 heterocycles. The summed E-state index contributed by atoms with van der Waals surface area (Å²) in [6.45, 7) is 4.99. The molecule has 0 aliphatic carbocycles. The number of nitrogens with zero attached hydrogens (tertiary/aromatic N) is 1. The van der Waals surface area contributed by atoms with E-state index in [2.05, 4.69) is 11.9 Å². The summed E-state index contributed by atoms with van der Waals surface area (Å²) < 4.78 is 21.9. The Hall–Kier alpha value is -2.99. The number of aliphatic imine (C=N–C) groups is 1. The molecule has 2 aromatic carbocycles. The van der Waals surface area contributed by atoms with Gasteiger partial charge >= 0.3 is 5.97 Å². The zero-order chi connectivity index (χ0) is 21.5. The van der Waals surface area contributed by atoms with Gasteiger partial charge in [0.25, 0.3) is 0 Å². The minimum absolute atomic E-state index is 0.180. The third-order valence-electron chi connectivity index (χ3n) is 4.34. The number of cyclic esters (lactones) is 1. The molecule has 3 rings (SSSR count). The van der Waals surface area contributed by atoms with Crippen molar-refractivity contribution in [3.8, 4) is 17.2 Å². The minimum atomic E-state index is -0.529. The summed E-state index contributed by atoms with van der Waals surface area (Å²) in [5, 5.41) is 0.412. The molecule has 0 atom stereocenters. The van der Waals surface area contributed by atoms with Crippen LogP contribution < -0.4 is 14.2 Å². The summed E-state index contributed by atoms with van der Waals surface area (Å²) in [5.74, 6) is 1.45. The van der Waals surface area contributed by atoms with E-state index in [1.54, 1.807) is 49.6 Å². The van der Waals surface area contributed by atoms with Crippen molar-refractivity contribution in [3.05, 3.63) is 58.2 Å². The molecule has 1 aliphatic rings. The summed E-state index contributed by atoms with van der Waals surface area (Å²) in [7, 11) is 1.59. The van der Waals surface area contributed by atoms with Gasteiger partial charge in [-0.25, -0.2) is 9.79 Å². The quantitative estimate of drug-likeness (QED) is 0.308. The monoisotopic (exact) mass is 429 g/mol. The Balaban J connectivity index is 1.88. The topological polar surface area (TPSA) is 66.3 Å². The van der Waals surface area contributed by atoms with Crippen LogP contribution in [0, 0.1) is 0 Å². The van der Waals surface area contributed by atoms with Crippen molar-refractivity contribution in [1.29, 1.82) is 0 Å². The highest BCUT2D eigenvalue weighted by atomic mass is 35.5. The molecule has 1 aliphatic heterocycles. The highest BCUT2D eigenvalue weighted by molar-refractivity contribution is 6.32. The third kappa shape index (κ3) is 5.13. The lowest BCUT2D eigenvalue weighted by molar-refractivity contribution is -0.129. The van der Waals surface area contributed by atoms with E-state index in [0.717, 1.165) is 12.8 Å². The molecule has 30 heavy (non-hydrogen) atoms. The van der Waals surface area contributed by atoms with Crippen LogP contribution in [0.3, 0.4) is 0 Å². The van der Waals surface area contributed by atoms with E-state index in [9.17, 15) is 4.79 Å². The molecular weight excluding hydrogens is 406 g/mol. The Morgan fingerprint density at radius 1 is 1.13 bits per heavy atom. The van der Waals surface area contributed by atoms with Gasteiger partial charge in [-0.2, -0.15) is 0 Å². The van der Waals surface area contributed by atoms with E-state index in [1.165, 1.54) is 0 Å². The summed E-state index contributed by atoms with van der Waals surface area (Å²) >= 11 is 6.43. The zero-order valence-electron chi connectivity index (χ0n) is 17.2. The summed E-state index contributed by atoms with van der Waals surface area (Å²) in [6.07, 6.45) is 3.55. The van der Waals surface area contributed by atoms with Crippen LogP contribution in [-0.2, 0) is 9.53 Å². The zero-order valence-corrected chi connectivity index (χ0v) is 18.0. The number of hydrogen-bond acceptors (Lipinski definition) is 6. The van der Waals surface area contributed by atoms with Gasteiger partial charge in [-0.15, -0.1) is 0 Å². The van der Waals surface area contributed by atoms with Crippen LogP contribution in [0.25, 0.3) is 6.08 Å². The summed E-state index contributed by atoms with van der Waals surface area (Å²) in [6, 6.07) is 10.6. The standard InChI is InChI=1S/C23H24ClNO5/c1-4-6-11-29-21-18(24)12-15(14-20(21)28-5-2)13-19-23(26)30-22(25-19)16-7-9-17(27-3)10-8-16/h7-10,12-14H,4-6,11H2,1-3H3. The van der Waals surface area contributed by atoms with Crippen LogP contribution in [0.15, 0.2) is 47.1 Å². The molecule has 0 N–H and O–H groups in total. The van der Waals surface area contributed by atoms with Gasteiger partial charge < -0.3 is 18.9 Å². The van der Waals surface area contributed by atoms with Crippen molar-refractivity contribution in [2.24, 2.45) is 4.99 Å². The van der Waals surface area contributed by atoms with Crippen LogP contribution in [0.4, 0.5) is 0 Å². The number of ether oxygens (including phenoxy) is 4. The van der Waals surface area contributed by atoms with Gasteiger partial charge in [0.15, 0.2) is 17.2 Å². The van der Waals surface area contributed by atoms with Crippen LogP contribution in [-0.4, -0.2) is 32.2 Å². The number of rotatable bonds is 9. The van der Waals surface area contributed by atoms with Crippen LogP contribution >= 0.6 is 11.6 Å². The lowest BCUT2D eigenvalue weighted by Gasteiger charge is -2.14. The van der Waals surface area contributed by atoms with Crippen molar-refractivity contribution in [2.45, 2.75) is 26.7 Å². The Kier molecular flexibility index (Phi) is 7.36. The highest BCUT2D eigenvalue weighted by Crippen LogP contribution is 2.37. The number of hydrogen-bond donors (Lipinski definition) is 0. The SMILES string of the molecule is CCCCOc1c(Cl)cc(C=C2N=C(c3ccc(OC)cc3)OC2=O)cc1OCC. The first-order valence-electron chi connectivity index (χ1n) is 9.81. The van der Waals surface area contributed by atoms with Gasteiger partial charge in [0.2, 0.25) is 5.90 Å². The van der Waals surface area contributed by atoms with E-state index in [-0.39, 0.29) is 11.6 Å². The Morgan fingerprint density at radius 2 is 1.90 bits per heavy atom. The van der Waals surface area contributed by atoms with E-state index < -0.39 is 5.97 Å². The summed E-state index contributed by atoms with van der Waals surface area (Å²) in [5.41, 5.74) is 1.53. The fourth-order valence-electron chi connectivity index (χ4n) is 2.82. The predicted molar refractivity (Wildman–Crippen MR) is 117 cm³/mol. The Morgan fingerprint density at radius 3 is 2.57 bits per heavy atom. The molecule has 0 saturated heterocycles. The second kappa shape index (κ2) is 10.2. The van der Waals surface area contributed by atoms with E-state index in [4.69, 9.17) is 30.5 Å². The Bertz CT molecular complexity index is 966. The van der Waals surface area contributed by atoms with Gasteiger partial charge in [0.05, 0.1) is 25.3 Å². The van der Waals surface area contributed by atoms with Crippen molar-refractivity contribution >= 4 is 29.5 Å². The molecule has 0 amide bonds. The van der Waals surface area contributed by atoms with Crippen LogP contribution in [0.1, 0.15) is 37.8 Å². The molecule has 0 saturated carbocycles. The van der Waals surface area contributed by atoms with Crippen molar-refractivity contribution in [3.63, 3.8) is 0 Å². The maximum Gasteiger partial charge on any atom is 0.363 e. The molecule has 2 aromatic rings. The van der Waals surface area contributed by atoms with Gasteiger partial charge in [0, 0.05) is 5.56 Å². The number of halogens is 1. The average molecular weight is 430 g/mol. The lowest BCUT2D eigenvalue weighted by atomic mass is 10.1. The second-order valence-electron chi connectivity index (χ2n) is 6.53. The second-order valence-corrected chi connectivity index (χ2v) is 6.94. The molecule has 0 aromatic heterocycles. The van der Waals surface area contributed by atoms with Crippen molar-refractivity contribution in [1.82, 2.24) is 0 Å². The van der Waals surface area contributed by atoms with E-state index in [1.807, 2.05) is 6.92 Å². The van der Waals surface area contributed by atoms with Crippen molar-refractivity contribution in [2.75, 3.05) is 20.3 Å². The molecule has 0 spiro atoms. The molecule has 6 nitrogen and oxygen atoms in total. The molecule has 7 heteroatoms. The molecule has 0 bridgehead atoms. The first-order valence-corrected chi connectivity index (χ1v) is 10.2. The number of benzene rings is 2. The van der Waals surface area contributed by atoms with Gasteiger partial charge in [-0.05, 0) is 61.4 Å². The average Bonchev–Trinajstić information content (AvgIpc) is 3.10. The van der Waals surface area contributed by atoms with Gasteiger partial charge in [-0.3, -0.25) is 0 Å². The van der Waals surface area contributed by atoms with Gasteiger partial charge in [-0.1, -0.05) is 24.9 Å². The fourth-order valence-corrected chi connectivity index (χ4v) is 3.09. The normalized spacial score (nSPS) is 14.5. The van der Waals surface area contributed by atoms with Gasteiger partial charge in [0.1, 0.15) is 5.75 Å². The molecular formula is C23H24ClNO5. The first-order chi connectivity index (χ1) is 14.5. The first kappa shape index (κ1) is 21.7. The van der Waals surface area contributed by atoms with Crippen LogP contribution in [0.5, 0.6) is 17.2 Å². The summed E-state index contributed by atoms with van der Waals surface area (Å²) in [4.78, 5) is 16.6. The number of esters is 1. The van der Waals surface area contributed by atoms with E-state index in [0.29, 0.717) is 46.6 Å². The minimum Gasteiger partial charge on any atom is -0.497 e. The van der Waals surface area contributed by atoms with Crippen LogP contribution in [0.2, 0.25) is 5.02 Å². The number of carbonyl (C=O) groups excluding carboxylic acids is 1. The lowest BCUT2D eigenvalue weighted by Crippen LogP contribution is -2.05. The number of methoxy groups -OCH3 is 1. The molecule has 0 unspecified atom stereocenters. The third-order valence-corrected chi connectivity index (χ3v) is 4.62. The number of carbonyl (C=O) groups is 1. The number of unbranched alkanes of at least 4 members (excludes halogenated alkanes) is 1.